The Labute approximate surface area is 204 Å². The Morgan fingerprint density at radius 1 is 0.941 bits per heavy atom. The Morgan fingerprint density at radius 2 is 1.53 bits per heavy atom. The first-order chi connectivity index (χ1) is 16.1. The van der Waals surface area contributed by atoms with Crippen molar-refractivity contribution in [3.05, 3.63) is 58.7 Å². The summed E-state index contributed by atoms with van der Waals surface area (Å²) in [6.07, 6.45) is 8.12. The van der Waals surface area contributed by atoms with Gasteiger partial charge in [0.15, 0.2) is 0 Å². The summed E-state index contributed by atoms with van der Waals surface area (Å²) in [5, 5.41) is 7.70. The lowest BCUT2D eigenvalue weighted by atomic mass is 9.53. The molecule has 0 radical (unpaired) electrons. The standard InChI is InChI=1S/C30H40N2O2/c1-19-7-6-8-20(2)25(19)18-31-27-14-24(28(33)34-29(3,4)5)9-10-26(27)32-30-15-21-11-22(16-30)13-23(12-21)17-30/h6-10,14,21-23,31-32H,11-13,15-18H2,1-5H3. The van der Waals surface area contributed by atoms with Gasteiger partial charge in [-0.05, 0) is 126 Å². The van der Waals surface area contributed by atoms with Crippen LogP contribution in [0.4, 0.5) is 11.4 Å². The number of esters is 1. The highest BCUT2D eigenvalue weighted by Gasteiger charge is 2.51. The summed E-state index contributed by atoms with van der Waals surface area (Å²) in [7, 11) is 0. The maximum atomic E-state index is 12.8. The lowest BCUT2D eigenvalue weighted by Crippen LogP contribution is -2.54. The van der Waals surface area contributed by atoms with Gasteiger partial charge in [-0.25, -0.2) is 4.79 Å². The highest BCUT2D eigenvalue weighted by atomic mass is 16.6. The number of anilines is 2. The number of hydrogen-bond donors (Lipinski definition) is 2. The molecule has 4 nitrogen and oxygen atoms in total. The van der Waals surface area contributed by atoms with Crippen LogP contribution < -0.4 is 10.6 Å². The largest absolute Gasteiger partial charge is 0.456 e. The fourth-order valence-corrected chi connectivity index (χ4v) is 7.12. The summed E-state index contributed by atoms with van der Waals surface area (Å²) in [4.78, 5) is 12.8. The van der Waals surface area contributed by atoms with Gasteiger partial charge in [-0.1, -0.05) is 18.2 Å². The highest BCUT2D eigenvalue weighted by molar-refractivity contribution is 5.92. The van der Waals surface area contributed by atoms with Crippen molar-refractivity contribution in [1.29, 1.82) is 0 Å². The van der Waals surface area contributed by atoms with Crippen LogP contribution in [-0.2, 0) is 11.3 Å². The zero-order chi connectivity index (χ0) is 24.1. The first-order valence-corrected chi connectivity index (χ1v) is 13.0. The van der Waals surface area contributed by atoms with E-state index in [-0.39, 0.29) is 11.5 Å². The molecule has 4 saturated carbocycles. The average Bonchev–Trinajstić information content (AvgIpc) is 2.72. The highest BCUT2D eigenvalue weighted by Crippen LogP contribution is 2.57. The molecule has 0 aliphatic heterocycles. The number of aryl methyl sites for hydroxylation is 2. The number of carbonyl (C=O) groups excluding carboxylic acids is 1. The van der Waals surface area contributed by atoms with Crippen molar-refractivity contribution in [2.24, 2.45) is 17.8 Å². The lowest BCUT2D eigenvalue weighted by Gasteiger charge is -2.57. The van der Waals surface area contributed by atoms with E-state index in [1.165, 1.54) is 55.2 Å². The normalized spacial score (nSPS) is 27.5. The minimum Gasteiger partial charge on any atom is -0.456 e. The molecule has 4 aliphatic rings. The number of carbonyl (C=O) groups is 1. The predicted molar refractivity (Wildman–Crippen MR) is 139 cm³/mol. The molecule has 2 N–H and O–H groups in total. The summed E-state index contributed by atoms with van der Waals surface area (Å²) in [6, 6.07) is 12.4. The van der Waals surface area contributed by atoms with Gasteiger partial charge in [0.25, 0.3) is 0 Å². The molecule has 182 valence electrons. The Hall–Kier alpha value is -2.49. The van der Waals surface area contributed by atoms with Crippen LogP contribution in [0.1, 0.15) is 86.3 Å². The van der Waals surface area contributed by atoms with Crippen LogP contribution in [0.2, 0.25) is 0 Å². The van der Waals surface area contributed by atoms with Crippen LogP contribution in [-0.4, -0.2) is 17.1 Å². The van der Waals surface area contributed by atoms with Crippen molar-refractivity contribution in [2.45, 2.75) is 90.8 Å². The number of nitrogens with one attached hydrogen (secondary N) is 2. The van der Waals surface area contributed by atoms with Gasteiger partial charge < -0.3 is 15.4 Å². The van der Waals surface area contributed by atoms with Crippen molar-refractivity contribution >= 4 is 17.3 Å². The van der Waals surface area contributed by atoms with E-state index in [4.69, 9.17) is 4.74 Å². The molecule has 2 aromatic carbocycles. The van der Waals surface area contributed by atoms with Gasteiger partial charge in [0.2, 0.25) is 0 Å². The molecule has 4 aliphatic carbocycles. The second-order valence-corrected chi connectivity index (χ2v) is 12.3. The second kappa shape index (κ2) is 8.62. The van der Waals surface area contributed by atoms with Crippen LogP contribution in [0.5, 0.6) is 0 Å². The fourth-order valence-electron chi connectivity index (χ4n) is 7.12. The van der Waals surface area contributed by atoms with Gasteiger partial charge in [-0.2, -0.15) is 0 Å². The molecular weight excluding hydrogens is 420 g/mol. The van der Waals surface area contributed by atoms with Crippen LogP contribution >= 0.6 is 0 Å². The quantitative estimate of drug-likeness (QED) is 0.446. The Balaban J connectivity index is 1.43. The average molecular weight is 461 g/mol. The predicted octanol–water partition coefficient (Wildman–Crippen LogP) is 7.25. The van der Waals surface area contributed by atoms with Crippen LogP contribution in [0, 0.1) is 31.6 Å². The zero-order valence-electron chi connectivity index (χ0n) is 21.5. The van der Waals surface area contributed by atoms with Crippen LogP contribution in [0.3, 0.4) is 0 Å². The van der Waals surface area contributed by atoms with Crippen LogP contribution in [0.15, 0.2) is 36.4 Å². The molecule has 2 aromatic rings. The molecule has 0 saturated heterocycles. The number of ether oxygens (including phenoxy) is 1. The van der Waals surface area contributed by atoms with E-state index in [1.54, 1.807) is 0 Å². The summed E-state index contributed by atoms with van der Waals surface area (Å²) < 4.78 is 5.67. The van der Waals surface area contributed by atoms with Crippen molar-refractivity contribution in [3.8, 4) is 0 Å². The molecule has 0 amide bonds. The van der Waals surface area contributed by atoms with Gasteiger partial charge >= 0.3 is 5.97 Å². The first kappa shape index (κ1) is 23.3. The minimum absolute atomic E-state index is 0.206. The van der Waals surface area contributed by atoms with Gasteiger partial charge in [-0.15, -0.1) is 0 Å². The number of rotatable bonds is 6. The van der Waals surface area contributed by atoms with Gasteiger partial charge in [-0.3, -0.25) is 0 Å². The van der Waals surface area contributed by atoms with E-state index < -0.39 is 5.60 Å². The SMILES string of the molecule is Cc1cccc(C)c1CNc1cc(C(=O)OC(C)(C)C)ccc1NC12CC3CC(CC(C3)C1)C2. The first-order valence-electron chi connectivity index (χ1n) is 13.0. The van der Waals surface area contributed by atoms with Crippen molar-refractivity contribution in [2.75, 3.05) is 10.6 Å². The van der Waals surface area contributed by atoms with Crippen molar-refractivity contribution in [3.63, 3.8) is 0 Å². The molecule has 0 atom stereocenters. The molecule has 34 heavy (non-hydrogen) atoms. The summed E-state index contributed by atoms with van der Waals surface area (Å²) in [6.45, 7) is 10.8. The van der Waals surface area contributed by atoms with Crippen molar-refractivity contribution in [1.82, 2.24) is 0 Å². The molecule has 0 aromatic heterocycles. The topological polar surface area (TPSA) is 50.4 Å². The van der Waals surface area contributed by atoms with Crippen molar-refractivity contribution < 1.29 is 9.53 Å². The van der Waals surface area contributed by atoms with E-state index in [1.807, 2.05) is 32.9 Å². The summed E-state index contributed by atoms with van der Waals surface area (Å²) in [5.74, 6) is 2.37. The third-order valence-corrected chi connectivity index (χ3v) is 8.19. The Kier molecular flexibility index (Phi) is 5.90. The molecule has 6 rings (SSSR count). The van der Waals surface area contributed by atoms with E-state index in [9.17, 15) is 4.79 Å². The molecule has 4 bridgehead atoms. The third-order valence-electron chi connectivity index (χ3n) is 8.19. The van der Waals surface area contributed by atoms with E-state index in [0.29, 0.717) is 5.56 Å². The molecule has 0 unspecified atom stereocenters. The van der Waals surface area contributed by atoms with Gasteiger partial charge in [0.1, 0.15) is 5.60 Å². The smallest absolute Gasteiger partial charge is 0.338 e. The van der Waals surface area contributed by atoms with E-state index >= 15 is 0 Å². The van der Waals surface area contributed by atoms with Gasteiger partial charge in [0.05, 0.1) is 16.9 Å². The molecule has 4 fully saturated rings. The van der Waals surface area contributed by atoms with Gasteiger partial charge in [0, 0.05) is 12.1 Å². The molecular formula is C30H40N2O2. The monoisotopic (exact) mass is 460 g/mol. The van der Waals surface area contributed by atoms with Crippen LogP contribution in [0.25, 0.3) is 0 Å². The van der Waals surface area contributed by atoms with E-state index in [0.717, 1.165) is 35.7 Å². The zero-order valence-corrected chi connectivity index (χ0v) is 21.5. The molecule has 0 heterocycles. The molecule has 4 heteroatoms. The maximum absolute atomic E-state index is 12.8. The summed E-state index contributed by atoms with van der Waals surface area (Å²) in [5.41, 5.74) is 6.26. The summed E-state index contributed by atoms with van der Waals surface area (Å²) >= 11 is 0. The number of benzene rings is 2. The second-order valence-electron chi connectivity index (χ2n) is 12.3. The lowest BCUT2D eigenvalue weighted by molar-refractivity contribution is 0.00695. The number of hydrogen-bond acceptors (Lipinski definition) is 4. The minimum atomic E-state index is -0.515. The maximum Gasteiger partial charge on any atom is 0.338 e. The fraction of sp³-hybridized carbons (Fsp3) is 0.567. The van der Waals surface area contributed by atoms with E-state index in [2.05, 4.69) is 48.7 Å². The molecule has 0 spiro atoms. The Bertz CT molecular complexity index is 1030. The Morgan fingerprint density at radius 3 is 2.09 bits per heavy atom. The third kappa shape index (κ3) is 4.82.